The first kappa shape index (κ1) is 28.9. The molecule has 0 saturated carbocycles. The molecule has 5 aromatic rings. The lowest BCUT2D eigenvalue weighted by Crippen LogP contribution is -2.17. The van der Waals surface area contributed by atoms with Gasteiger partial charge in [0, 0.05) is 39.3 Å². The number of anilines is 2. The topological polar surface area (TPSA) is 119 Å². The van der Waals surface area contributed by atoms with Crippen molar-refractivity contribution in [1.82, 2.24) is 10.4 Å². The molecule has 4 aromatic carbocycles. The number of carbonyl (C=O) groups is 1. The monoisotopic (exact) mass is 661 g/mol. The van der Waals surface area contributed by atoms with Gasteiger partial charge in [-0.1, -0.05) is 35.9 Å². The summed E-state index contributed by atoms with van der Waals surface area (Å²) in [7, 11) is 0. The van der Waals surface area contributed by atoms with Crippen LogP contribution in [0.4, 0.5) is 16.5 Å². The van der Waals surface area contributed by atoms with Gasteiger partial charge in [-0.3, -0.25) is 14.9 Å². The van der Waals surface area contributed by atoms with Crippen LogP contribution < -0.4 is 15.5 Å². The predicted molar refractivity (Wildman–Crippen MR) is 169 cm³/mol. The molecule has 0 unspecified atom stereocenters. The van der Waals surface area contributed by atoms with E-state index >= 15 is 0 Å². The van der Waals surface area contributed by atoms with Crippen LogP contribution in [0, 0.1) is 10.1 Å². The minimum Gasteiger partial charge on any atom is -0.488 e. The van der Waals surface area contributed by atoms with Gasteiger partial charge in [-0.25, -0.2) is 10.4 Å². The van der Waals surface area contributed by atoms with E-state index in [-0.39, 0.29) is 18.2 Å². The summed E-state index contributed by atoms with van der Waals surface area (Å²) in [5.74, 6) is 0.216. The van der Waals surface area contributed by atoms with Gasteiger partial charge in [-0.2, -0.15) is 5.10 Å². The van der Waals surface area contributed by atoms with Gasteiger partial charge in [0.1, 0.15) is 12.4 Å². The van der Waals surface area contributed by atoms with Crippen molar-refractivity contribution < 1.29 is 14.5 Å². The zero-order valence-corrected chi connectivity index (χ0v) is 24.8. The lowest BCUT2D eigenvalue weighted by atomic mass is 10.1. The average Bonchev–Trinajstić information content (AvgIpc) is 3.46. The number of hydrazone groups is 1. The van der Waals surface area contributed by atoms with Crippen molar-refractivity contribution in [2.24, 2.45) is 5.10 Å². The zero-order chi connectivity index (χ0) is 29.5. The van der Waals surface area contributed by atoms with E-state index in [0.717, 1.165) is 27.6 Å². The summed E-state index contributed by atoms with van der Waals surface area (Å²) in [6, 6.07) is 26.1. The number of halogens is 2. The summed E-state index contributed by atoms with van der Waals surface area (Å²) >= 11 is 10.9. The van der Waals surface area contributed by atoms with Crippen LogP contribution in [0.1, 0.15) is 21.5 Å². The van der Waals surface area contributed by atoms with Gasteiger partial charge >= 0.3 is 0 Å². The van der Waals surface area contributed by atoms with Crippen LogP contribution in [0.3, 0.4) is 0 Å². The van der Waals surface area contributed by atoms with E-state index in [4.69, 9.17) is 16.3 Å². The van der Waals surface area contributed by atoms with Gasteiger partial charge in [0.2, 0.25) is 0 Å². The number of carbonyl (C=O) groups excluding carboxylic acids is 1. The first-order chi connectivity index (χ1) is 20.3. The maximum absolute atomic E-state index is 12.6. The lowest BCUT2D eigenvalue weighted by molar-refractivity contribution is -0.384. The third kappa shape index (κ3) is 7.58. The molecule has 0 fully saturated rings. The average molecular weight is 663 g/mol. The Labute approximate surface area is 258 Å². The largest absolute Gasteiger partial charge is 0.488 e. The van der Waals surface area contributed by atoms with Crippen LogP contribution >= 0.6 is 38.9 Å². The number of amides is 1. The quantitative estimate of drug-likeness (QED) is 0.0884. The molecular formula is C30H21BrClN5O4S. The van der Waals surface area contributed by atoms with E-state index in [0.29, 0.717) is 26.4 Å². The molecule has 1 heterocycles. The standard InChI is InChI=1S/C30H21BrClN5O4S/c31-26-15-19(4-13-28(26)41-17-20-2-1-3-25(14-20)37(39)40)16-33-36-29(38)22-7-5-21(6-8-22)27-18-42-30(35-27)34-24-11-9-23(32)10-12-24/h1-16,18H,17H2,(H,34,35)(H,36,38)/b33-16-. The number of non-ortho nitro benzene ring substituents is 1. The Morgan fingerprint density at radius 1 is 1.07 bits per heavy atom. The second-order valence-electron chi connectivity index (χ2n) is 8.85. The SMILES string of the molecule is O=C(N/N=C\c1ccc(OCc2cccc([N+](=O)[O-])c2)c(Br)c1)c1ccc(-c2csc(Nc3ccc(Cl)cc3)n2)cc1. The molecule has 1 aromatic heterocycles. The van der Waals surface area contributed by atoms with Crippen molar-refractivity contribution >= 4 is 67.5 Å². The molecule has 210 valence electrons. The fourth-order valence-electron chi connectivity index (χ4n) is 3.78. The Hall–Kier alpha value is -4.58. The Bertz CT molecular complexity index is 1760. The minimum absolute atomic E-state index is 0.0107. The molecule has 0 spiro atoms. The molecule has 0 saturated heterocycles. The number of nitrogens with zero attached hydrogens (tertiary/aromatic N) is 3. The summed E-state index contributed by atoms with van der Waals surface area (Å²) in [5.41, 5.74) is 6.98. The molecule has 5 rings (SSSR count). The number of nitrogens with one attached hydrogen (secondary N) is 2. The van der Waals surface area contributed by atoms with Crippen LogP contribution in [0.15, 0.2) is 106 Å². The van der Waals surface area contributed by atoms with Crippen LogP contribution in [0.25, 0.3) is 11.3 Å². The fourth-order valence-corrected chi connectivity index (χ4v) is 5.15. The van der Waals surface area contributed by atoms with Gasteiger partial charge in [0.05, 0.1) is 21.3 Å². The van der Waals surface area contributed by atoms with Gasteiger partial charge in [-0.15, -0.1) is 11.3 Å². The molecule has 0 aliphatic heterocycles. The van der Waals surface area contributed by atoms with Crippen molar-refractivity contribution in [3.8, 4) is 17.0 Å². The Morgan fingerprint density at radius 2 is 1.86 bits per heavy atom. The highest BCUT2D eigenvalue weighted by molar-refractivity contribution is 9.10. The number of nitro groups is 1. The predicted octanol–water partition coefficient (Wildman–Crippen LogP) is 8.22. The lowest BCUT2D eigenvalue weighted by Gasteiger charge is -2.09. The number of thiazole rings is 1. The van der Waals surface area contributed by atoms with E-state index in [1.165, 1.54) is 29.7 Å². The summed E-state index contributed by atoms with van der Waals surface area (Å²) in [6.45, 7) is 0.173. The number of hydrogen-bond acceptors (Lipinski definition) is 8. The molecule has 0 radical (unpaired) electrons. The normalized spacial score (nSPS) is 10.9. The van der Waals surface area contributed by atoms with E-state index < -0.39 is 4.92 Å². The third-order valence-electron chi connectivity index (χ3n) is 5.89. The van der Waals surface area contributed by atoms with Gasteiger partial charge in [0.25, 0.3) is 11.6 Å². The maximum Gasteiger partial charge on any atom is 0.271 e. The number of rotatable bonds is 10. The van der Waals surface area contributed by atoms with Crippen molar-refractivity contribution in [2.75, 3.05) is 5.32 Å². The summed E-state index contributed by atoms with van der Waals surface area (Å²) in [6.07, 6.45) is 1.52. The Kier molecular flexibility index (Phi) is 9.22. The molecular weight excluding hydrogens is 642 g/mol. The van der Waals surface area contributed by atoms with Gasteiger partial charge in [-0.05, 0) is 81.7 Å². The molecule has 9 nitrogen and oxygen atoms in total. The van der Waals surface area contributed by atoms with E-state index in [1.807, 2.05) is 41.8 Å². The highest BCUT2D eigenvalue weighted by Crippen LogP contribution is 2.29. The fraction of sp³-hybridized carbons (Fsp3) is 0.0333. The Morgan fingerprint density at radius 3 is 2.60 bits per heavy atom. The van der Waals surface area contributed by atoms with Gasteiger partial charge in [0.15, 0.2) is 5.13 Å². The van der Waals surface area contributed by atoms with Crippen LogP contribution in [0.5, 0.6) is 5.75 Å². The van der Waals surface area contributed by atoms with Crippen molar-refractivity contribution in [2.45, 2.75) is 6.61 Å². The number of hydrogen-bond donors (Lipinski definition) is 2. The molecule has 0 atom stereocenters. The van der Waals surface area contributed by atoms with Crippen molar-refractivity contribution in [3.05, 3.63) is 133 Å². The van der Waals surface area contributed by atoms with E-state index in [9.17, 15) is 14.9 Å². The van der Waals surface area contributed by atoms with Crippen molar-refractivity contribution in [3.63, 3.8) is 0 Å². The molecule has 2 N–H and O–H groups in total. The van der Waals surface area contributed by atoms with Gasteiger partial charge < -0.3 is 10.1 Å². The van der Waals surface area contributed by atoms with Crippen LogP contribution in [0.2, 0.25) is 5.02 Å². The maximum atomic E-state index is 12.6. The molecule has 12 heteroatoms. The zero-order valence-electron chi connectivity index (χ0n) is 21.7. The third-order valence-corrected chi connectivity index (χ3v) is 7.52. The highest BCUT2D eigenvalue weighted by Gasteiger charge is 2.10. The summed E-state index contributed by atoms with van der Waals surface area (Å²) in [4.78, 5) is 27.7. The molecule has 0 bridgehead atoms. The Balaban J connectivity index is 1.14. The smallest absolute Gasteiger partial charge is 0.271 e. The second-order valence-corrected chi connectivity index (χ2v) is 11.0. The van der Waals surface area contributed by atoms with Crippen LogP contribution in [-0.4, -0.2) is 22.0 Å². The number of aromatic nitrogens is 1. The first-order valence-electron chi connectivity index (χ1n) is 12.4. The first-order valence-corrected chi connectivity index (χ1v) is 14.5. The molecule has 0 aliphatic carbocycles. The summed E-state index contributed by atoms with van der Waals surface area (Å²) in [5, 5.41) is 21.6. The molecule has 1 amide bonds. The molecule has 0 aliphatic rings. The van der Waals surface area contributed by atoms with E-state index in [2.05, 4.69) is 36.8 Å². The summed E-state index contributed by atoms with van der Waals surface area (Å²) < 4.78 is 6.46. The highest BCUT2D eigenvalue weighted by atomic mass is 79.9. The van der Waals surface area contributed by atoms with Crippen LogP contribution in [-0.2, 0) is 6.61 Å². The van der Waals surface area contributed by atoms with Crippen molar-refractivity contribution in [1.29, 1.82) is 0 Å². The van der Waals surface area contributed by atoms with E-state index in [1.54, 1.807) is 42.5 Å². The number of ether oxygens (including phenoxy) is 1. The minimum atomic E-state index is -0.443. The number of nitro benzene ring substituents is 1. The number of benzene rings is 4. The second kappa shape index (κ2) is 13.4. The molecule has 42 heavy (non-hydrogen) atoms.